The predicted molar refractivity (Wildman–Crippen MR) is 91.5 cm³/mol. The quantitative estimate of drug-likeness (QED) is 0.638. The molecule has 3 rings (SSSR count). The van der Waals surface area contributed by atoms with E-state index in [1.54, 1.807) is 0 Å². The summed E-state index contributed by atoms with van der Waals surface area (Å²) < 4.78 is 0.971. The third kappa shape index (κ3) is 2.68. The maximum Gasteiger partial charge on any atom is 0.122 e. The molecule has 2 aromatic carbocycles. The molecule has 4 heteroatoms. The second-order valence-electron chi connectivity index (χ2n) is 5.63. The highest BCUT2D eigenvalue weighted by Crippen LogP contribution is 2.38. The number of halogens is 1. The first-order chi connectivity index (χ1) is 10.1. The smallest absolute Gasteiger partial charge is 0.122 e. The maximum absolute atomic E-state index is 7.54. The van der Waals surface area contributed by atoms with Crippen LogP contribution in [0.1, 0.15) is 18.1 Å². The molecule has 0 radical (unpaired) electrons. The number of fused-ring (bicyclic) bond motifs is 1. The minimum atomic E-state index is 0.0923. The Kier molecular flexibility index (Phi) is 3.72. The van der Waals surface area contributed by atoms with Gasteiger partial charge in [-0.1, -0.05) is 25.1 Å². The van der Waals surface area contributed by atoms with E-state index in [1.807, 2.05) is 18.2 Å². The van der Waals surface area contributed by atoms with Crippen molar-refractivity contribution in [2.24, 2.45) is 11.7 Å². The van der Waals surface area contributed by atoms with Gasteiger partial charge in [-0.3, -0.25) is 5.41 Å². The number of para-hydroxylation sites is 1. The predicted octanol–water partition coefficient (Wildman–Crippen LogP) is 4.06. The first-order valence-corrected chi connectivity index (χ1v) is 7.85. The number of nitrogens with zero attached hydrogens (tertiary/aromatic N) is 1. The summed E-state index contributed by atoms with van der Waals surface area (Å²) in [5, 5.41) is 7.54. The molecule has 0 saturated carbocycles. The van der Waals surface area contributed by atoms with Crippen LogP contribution in [0.2, 0.25) is 0 Å². The highest BCUT2D eigenvalue weighted by Gasteiger charge is 2.23. The van der Waals surface area contributed by atoms with Gasteiger partial charge in [-0.15, -0.1) is 0 Å². The lowest BCUT2D eigenvalue weighted by atomic mass is 9.93. The van der Waals surface area contributed by atoms with Crippen LogP contribution in [0.5, 0.6) is 0 Å². The second kappa shape index (κ2) is 5.53. The summed E-state index contributed by atoms with van der Waals surface area (Å²) in [6.07, 6.45) is 1.12. The Bertz CT molecular complexity index is 696. The van der Waals surface area contributed by atoms with Gasteiger partial charge in [0.05, 0.1) is 5.69 Å². The lowest BCUT2D eigenvalue weighted by molar-refractivity contribution is 0.562. The number of benzene rings is 2. The van der Waals surface area contributed by atoms with E-state index in [0.29, 0.717) is 5.92 Å². The maximum atomic E-state index is 7.54. The fraction of sp³-hybridized carbons (Fsp3) is 0.235. The highest BCUT2D eigenvalue weighted by atomic mass is 79.9. The molecule has 3 nitrogen and oxygen atoms in total. The monoisotopic (exact) mass is 343 g/mol. The Morgan fingerprint density at radius 3 is 2.71 bits per heavy atom. The SMILES string of the molecule is CC1Cc2ccccc2N(c2ccc(C(=N)N)cc2Br)C1. The minimum Gasteiger partial charge on any atom is -0.384 e. The number of hydrogen-bond donors (Lipinski definition) is 2. The normalized spacial score (nSPS) is 17.4. The van der Waals surface area contributed by atoms with Gasteiger partial charge in [0, 0.05) is 22.3 Å². The summed E-state index contributed by atoms with van der Waals surface area (Å²) >= 11 is 3.63. The Morgan fingerprint density at radius 1 is 1.24 bits per heavy atom. The van der Waals surface area contributed by atoms with Gasteiger partial charge in [0.2, 0.25) is 0 Å². The first kappa shape index (κ1) is 14.1. The zero-order valence-electron chi connectivity index (χ0n) is 11.9. The molecule has 0 fully saturated rings. The van der Waals surface area contributed by atoms with E-state index >= 15 is 0 Å². The molecule has 0 saturated heterocycles. The third-order valence-electron chi connectivity index (χ3n) is 3.89. The number of nitrogen functional groups attached to an aromatic ring is 1. The van der Waals surface area contributed by atoms with Crippen molar-refractivity contribution in [2.45, 2.75) is 13.3 Å². The van der Waals surface area contributed by atoms with Gasteiger partial charge in [-0.25, -0.2) is 0 Å². The van der Waals surface area contributed by atoms with Crippen molar-refractivity contribution in [3.05, 3.63) is 58.1 Å². The van der Waals surface area contributed by atoms with E-state index in [0.717, 1.165) is 28.7 Å². The van der Waals surface area contributed by atoms with Gasteiger partial charge < -0.3 is 10.6 Å². The molecule has 21 heavy (non-hydrogen) atoms. The van der Waals surface area contributed by atoms with Crippen LogP contribution in [0.15, 0.2) is 46.9 Å². The summed E-state index contributed by atoms with van der Waals surface area (Å²) in [6, 6.07) is 14.4. The molecule has 0 amide bonds. The summed E-state index contributed by atoms with van der Waals surface area (Å²) in [7, 11) is 0. The average Bonchev–Trinajstić information content (AvgIpc) is 2.46. The zero-order chi connectivity index (χ0) is 15.0. The Hall–Kier alpha value is -1.81. The topological polar surface area (TPSA) is 53.1 Å². The Labute approximate surface area is 133 Å². The van der Waals surface area contributed by atoms with E-state index in [-0.39, 0.29) is 5.84 Å². The summed E-state index contributed by atoms with van der Waals surface area (Å²) in [5.41, 5.74) is 10.1. The van der Waals surface area contributed by atoms with Crippen LogP contribution >= 0.6 is 15.9 Å². The fourth-order valence-corrected chi connectivity index (χ4v) is 3.51. The van der Waals surface area contributed by atoms with Crippen LogP contribution in [-0.2, 0) is 6.42 Å². The number of amidine groups is 1. The highest BCUT2D eigenvalue weighted by molar-refractivity contribution is 9.10. The van der Waals surface area contributed by atoms with Gasteiger partial charge in [-0.05, 0) is 58.1 Å². The zero-order valence-corrected chi connectivity index (χ0v) is 13.5. The van der Waals surface area contributed by atoms with Crippen molar-refractivity contribution in [1.29, 1.82) is 5.41 Å². The third-order valence-corrected chi connectivity index (χ3v) is 4.53. The van der Waals surface area contributed by atoms with Crippen LogP contribution in [0.4, 0.5) is 11.4 Å². The minimum absolute atomic E-state index is 0.0923. The molecular formula is C17H18BrN3. The van der Waals surface area contributed by atoms with Crippen molar-refractivity contribution in [3.63, 3.8) is 0 Å². The van der Waals surface area contributed by atoms with E-state index < -0.39 is 0 Å². The molecule has 0 bridgehead atoms. The molecule has 0 aromatic heterocycles. The lowest BCUT2D eigenvalue weighted by Gasteiger charge is -2.35. The molecule has 1 heterocycles. The van der Waals surface area contributed by atoms with Crippen molar-refractivity contribution in [1.82, 2.24) is 0 Å². The Balaban J connectivity index is 2.06. The van der Waals surface area contributed by atoms with E-state index in [2.05, 4.69) is 52.0 Å². The average molecular weight is 344 g/mol. The first-order valence-electron chi connectivity index (χ1n) is 7.05. The molecule has 0 aliphatic carbocycles. The molecule has 3 N–H and O–H groups in total. The van der Waals surface area contributed by atoms with E-state index in [4.69, 9.17) is 11.1 Å². The van der Waals surface area contributed by atoms with Crippen LogP contribution in [0.25, 0.3) is 0 Å². The van der Waals surface area contributed by atoms with Crippen LogP contribution in [-0.4, -0.2) is 12.4 Å². The van der Waals surface area contributed by atoms with E-state index in [1.165, 1.54) is 11.3 Å². The van der Waals surface area contributed by atoms with Gasteiger partial charge in [0.25, 0.3) is 0 Å². The van der Waals surface area contributed by atoms with Gasteiger partial charge >= 0.3 is 0 Å². The summed E-state index contributed by atoms with van der Waals surface area (Å²) in [5.74, 6) is 0.703. The fourth-order valence-electron chi connectivity index (χ4n) is 2.92. The van der Waals surface area contributed by atoms with Crippen molar-refractivity contribution >= 4 is 33.1 Å². The number of anilines is 2. The molecule has 1 aliphatic rings. The number of hydrogen-bond acceptors (Lipinski definition) is 2. The largest absolute Gasteiger partial charge is 0.384 e. The van der Waals surface area contributed by atoms with Crippen molar-refractivity contribution < 1.29 is 0 Å². The van der Waals surface area contributed by atoms with Crippen LogP contribution in [0, 0.1) is 11.3 Å². The van der Waals surface area contributed by atoms with E-state index in [9.17, 15) is 0 Å². The number of rotatable bonds is 2. The molecule has 1 unspecified atom stereocenters. The molecule has 108 valence electrons. The van der Waals surface area contributed by atoms with Gasteiger partial charge in [0.1, 0.15) is 5.84 Å². The van der Waals surface area contributed by atoms with Crippen molar-refractivity contribution in [3.8, 4) is 0 Å². The van der Waals surface area contributed by atoms with Crippen LogP contribution in [0.3, 0.4) is 0 Å². The summed E-state index contributed by atoms with van der Waals surface area (Å²) in [6.45, 7) is 3.27. The number of nitrogens with two attached hydrogens (primary N) is 1. The van der Waals surface area contributed by atoms with Crippen molar-refractivity contribution in [2.75, 3.05) is 11.4 Å². The van der Waals surface area contributed by atoms with Crippen LogP contribution < -0.4 is 10.6 Å². The molecule has 1 atom stereocenters. The number of nitrogens with one attached hydrogen (secondary N) is 1. The Morgan fingerprint density at radius 2 is 2.00 bits per heavy atom. The summed E-state index contributed by atoms with van der Waals surface area (Å²) in [4.78, 5) is 2.34. The van der Waals surface area contributed by atoms with Gasteiger partial charge in [0.15, 0.2) is 0 Å². The molecule has 0 spiro atoms. The standard InChI is InChI=1S/C17H18BrN3/c1-11-8-12-4-2-3-5-15(12)21(10-11)16-7-6-13(17(19)20)9-14(16)18/h2-7,9,11H,8,10H2,1H3,(H3,19,20). The second-order valence-corrected chi connectivity index (χ2v) is 6.48. The molecule has 1 aliphatic heterocycles. The molecule has 2 aromatic rings. The lowest BCUT2D eigenvalue weighted by Crippen LogP contribution is -2.30. The molecular weight excluding hydrogens is 326 g/mol. The van der Waals surface area contributed by atoms with Gasteiger partial charge in [-0.2, -0.15) is 0 Å².